The van der Waals surface area contributed by atoms with Crippen LogP contribution in [0.4, 0.5) is 5.69 Å². The van der Waals surface area contributed by atoms with E-state index in [4.69, 9.17) is 21.1 Å². The molecule has 166 valence electrons. The first-order chi connectivity index (χ1) is 14.9. The van der Waals surface area contributed by atoms with E-state index in [0.29, 0.717) is 10.7 Å². The monoisotopic (exact) mass is 445 g/mol. The number of amides is 2. The second-order valence-corrected chi connectivity index (χ2v) is 7.92. The van der Waals surface area contributed by atoms with Crippen molar-refractivity contribution in [2.24, 2.45) is 0 Å². The van der Waals surface area contributed by atoms with Crippen LogP contribution >= 0.6 is 11.6 Å². The summed E-state index contributed by atoms with van der Waals surface area (Å²) < 4.78 is 10.8. The van der Waals surface area contributed by atoms with Crippen molar-refractivity contribution in [2.45, 2.75) is 18.9 Å². The average Bonchev–Trinajstić information content (AvgIpc) is 3.22. The van der Waals surface area contributed by atoms with E-state index in [2.05, 4.69) is 10.2 Å². The van der Waals surface area contributed by atoms with Crippen LogP contribution in [-0.4, -0.2) is 62.5 Å². The highest BCUT2D eigenvalue weighted by Gasteiger charge is 2.30. The Kier molecular flexibility index (Phi) is 7.76. The number of likely N-dealkylation sites (N-methyl/N-ethyl adjacent to an activating group) is 1. The van der Waals surface area contributed by atoms with Gasteiger partial charge >= 0.3 is 0 Å². The summed E-state index contributed by atoms with van der Waals surface area (Å²) in [5.74, 6) is 1.06. The fourth-order valence-electron chi connectivity index (χ4n) is 3.81. The molecule has 0 radical (unpaired) electrons. The number of carbonyl (C=O) groups is 2. The summed E-state index contributed by atoms with van der Waals surface area (Å²) in [5, 5.41) is 3.20. The van der Waals surface area contributed by atoms with Crippen molar-refractivity contribution >= 4 is 29.1 Å². The van der Waals surface area contributed by atoms with Crippen LogP contribution in [0.2, 0.25) is 5.02 Å². The molecule has 1 N–H and O–H groups in total. The van der Waals surface area contributed by atoms with Gasteiger partial charge in [0.25, 0.3) is 0 Å². The number of hydrogen-bond donors (Lipinski definition) is 1. The summed E-state index contributed by atoms with van der Waals surface area (Å²) in [6, 6.07) is 12.8. The van der Waals surface area contributed by atoms with Crippen molar-refractivity contribution in [1.82, 2.24) is 9.80 Å². The molecule has 8 heteroatoms. The highest BCUT2D eigenvalue weighted by Crippen LogP contribution is 2.38. The van der Waals surface area contributed by atoms with E-state index in [9.17, 15) is 9.59 Å². The highest BCUT2D eigenvalue weighted by molar-refractivity contribution is 6.33. The SMILES string of the molecule is COc1ccc(C2CCCN2CC(=O)N(C)CC(=O)Nc2ccccc2Cl)c(OC)c1. The van der Waals surface area contributed by atoms with E-state index in [1.807, 2.05) is 18.2 Å². The second kappa shape index (κ2) is 10.5. The number of rotatable bonds is 8. The molecular formula is C23H28ClN3O4. The van der Waals surface area contributed by atoms with Gasteiger partial charge in [-0.15, -0.1) is 0 Å². The molecule has 1 saturated heterocycles. The predicted molar refractivity (Wildman–Crippen MR) is 121 cm³/mol. The minimum atomic E-state index is -0.293. The van der Waals surface area contributed by atoms with Gasteiger partial charge in [0, 0.05) is 24.7 Å². The molecule has 1 heterocycles. The van der Waals surface area contributed by atoms with Gasteiger partial charge in [0.15, 0.2) is 0 Å². The van der Waals surface area contributed by atoms with Gasteiger partial charge in [-0.1, -0.05) is 29.8 Å². The van der Waals surface area contributed by atoms with Crippen LogP contribution in [0.15, 0.2) is 42.5 Å². The number of nitrogens with one attached hydrogen (secondary N) is 1. The number of anilines is 1. The maximum absolute atomic E-state index is 12.8. The lowest BCUT2D eigenvalue weighted by molar-refractivity contribution is -0.134. The standard InChI is InChI=1S/C23H28ClN3O4/c1-26(14-22(28)25-19-8-5-4-7-18(19)24)23(29)15-27-12-6-9-20(27)17-11-10-16(30-2)13-21(17)31-3/h4-5,7-8,10-11,13,20H,6,9,12,14-15H2,1-3H3,(H,25,28). The molecule has 0 aromatic heterocycles. The Labute approximate surface area is 187 Å². The van der Waals surface area contributed by atoms with Gasteiger partial charge in [0.1, 0.15) is 11.5 Å². The molecule has 1 aliphatic heterocycles. The van der Waals surface area contributed by atoms with E-state index in [1.165, 1.54) is 4.90 Å². The van der Waals surface area contributed by atoms with E-state index >= 15 is 0 Å². The number of halogens is 1. The van der Waals surface area contributed by atoms with E-state index in [1.54, 1.807) is 45.5 Å². The molecule has 3 rings (SSSR count). The minimum Gasteiger partial charge on any atom is -0.497 e. The summed E-state index contributed by atoms with van der Waals surface area (Å²) in [7, 11) is 4.88. The van der Waals surface area contributed by atoms with Crippen LogP contribution in [0.3, 0.4) is 0 Å². The Morgan fingerprint density at radius 3 is 2.68 bits per heavy atom. The van der Waals surface area contributed by atoms with E-state index in [0.717, 1.165) is 36.4 Å². The molecule has 7 nitrogen and oxygen atoms in total. The van der Waals surface area contributed by atoms with Crippen molar-refractivity contribution in [3.05, 3.63) is 53.1 Å². The Morgan fingerprint density at radius 1 is 1.19 bits per heavy atom. The van der Waals surface area contributed by atoms with Gasteiger partial charge in [0.2, 0.25) is 11.8 Å². The summed E-state index contributed by atoms with van der Waals surface area (Å²) in [6.07, 6.45) is 1.93. The molecule has 1 unspecified atom stereocenters. The van der Waals surface area contributed by atoms with E-state index < -0.39 is 0 Å². The number of benzene rings is 2. The van der Waals surface area contributed by atoms with Crippen molar-refractivity contribution in [3.8, 4) is 11.5 Å². The lowest BCUT2D eigenvalue weighted by Crippen LogP contribution is -2.41. The summed E-state index contributed by atoms with van der Waals surface area (Å²) in [4.78, 5) is 28.7. The third-order valence-corrected chi connectivity index (χ3v) is 5.79. The molecule has 0 saturated carbocycles. The maximum atomic E-state index is 12.8. The summed E-state index contributed by atoms with van der Waals surface area (Å²) >= 11 is 6.08. The summed E-state index contributed by atoms with van der Waals surface area (Å²) in [5.41, 5.74) is 1.56. The van der Waals surface area contributed by atoms with Gasteiger partial charge in [-0.05, 0) is 37.6 Å². The van der Waals surface area contributed by atoms with Crippen LogP contribution in [-0.2, 0) is 9.59 Å². The number of ether oxygens (including phenoxy) is 2. The summed E-state index contributed by atoms with van der Waals surface area (Å²) in [6.45, 7) is 0.995. The largest absolute Gasteiger partial charge is 0.497 e. The molecule has 1 atom stereocenters. The Hall–Kier alpha value is -2.77. The smallest absolute Gasteiger partial charge is 0.244 e. The molecule has 31 heavy (non-hydrogen) atoms. The Bertz CT molecular complexity index is 937. The zero-order valence-corrected chi connectivity index (χ0v) is 18.8. The zero-order chi connectivity index (χ0) is 22.4. The third kappa shape index (κ3) is 5.68. The number of carbonyl (C=O) groups excluding carboxylic acids is 2. The van der Waals surface area contributed by atoms with Crippen molar-refractivity contribution < 1.29 is 19.1 Å². The normalized spacial score (nSPS) is 16.1. The van der Waals surface area contributed by atoms with Crippen molar-refractivity contribution in [3.63, 3.8) is 0 Å². The van der Waals surface area contributed by atoms with E-state index in [-0.39, 0.29) is 30.9 Å². The van der Waals surface area contributed by atoms with Gasteiger partial charge in [0.05, 0.1) is 38.0 Å². The first-order valence-corrected chi connectivity index (χ1v) is 10.5. The minimum absolute atomic E-state index is 0.0472. The molecule has 0 spiro atoms. The fraction of sp³-hybridized carbons (Fsp3) is 0.391. The number of para-hydroxylation sites is 1. The molecule has 1 aliphatic rings. The lowest BCUT2D eigenvalue weighted by Gasteiger charge is -2.27. The first-order valence-electron chi connectivity index (χ1n) is 10.2. The zero-order valence-electron chi connectivity index (χ0n) is 18.1. The maximum Gasteiger partial charge on any atom is 0.244 e. The number of methoxy groups -OCH3 is 2. The molecule has 2 aromatic rings. The fourth-order valence-corrected chi connectivity index (χ4v) is 3.99. The molecule has 1 fully saturated rings. The molecule has 2 amide bonds. The topological polar surface area (TPSA) is 71.1 Å². The quantitative estimate of drug-likeness (QED) is 0.672. The number of hydrogen-bond acceptors (Lipinski definition) is 5. The lowest BCUT2D eigenvalue weighted by atomic mass is 10.0. The van der Waals surface area contributed by atoms with Gasteiger partial charge in [-0.25, -0.2) is 0 Å². The van der Waals surface area contributed by atoms with Crippen LogP contribution < -0.4 is 14.8 Å². The molecule has 0 aliphatic carbocycles. The Balaban J connectivity index is 1.61. The highest BCUT2D eigenvalue weighted by atomic mass is 35.5. The Morgan fingerprint density at radius 2 is 1.97 bits per heavy atom. The van der Waals surface area contributed by atoms with Crippen molar-refractivity contribution in [1.29, 1.82) is 0 Å². The van der Waals surface area contributed by atoms with Crippen LogP contribution in [0.1, 0.15) is 24.4 Å². The van der Waals surface area contributed by atoms with Crippen molar-refractivity contribution in [2.75, 3.05) is 46.2 Å². The average molecular weight is 446 g/mol. The first kappa shape index (κ1) is 22.9. The molecular weight excluding hydrogens is 418 g/mol. The second-order valence-electron chi connectivity index (χ2n) is 7.51. The third-order valence-electron chi connectivity index (χ3n) is 5.46. The van der Waals surface area contributed by atoms with Gasteiger partial charge < -0.3 is 19.7 Å². The molecule has 0 bridgehead atoms. The van der Waals surface area contributed by atoms with Gasteiger partial charge in [-0.3, -0.25) is 14.5 Å². The van der Waals surface area contributed by atoms with Crippen LogP contribution in [0.5, 0.6) is 11.5 Å². The van der Waals surface area contributed by atoms with Crippen LogP contribution in [0, 0.1) is 0 Å². The number of nitrogens with zero attached hydrogens (tertiary/aromatic N) is 2. The van der Waals surface area contributed by atoms with Gasteiger partial charge in [-0.2, -0.15) is 0 Å². The number of likely N-dealkylation sites (tertiary alicyclic amines) is 1. The predicted octanol–water partition coefficient (Wildman–Crippen LogP) is 3.59. The van der Waals surface area contributed by atoms with Crippen LogP contribution in [0.25, 0.3) is 0 Å². The molecule has 2 aromatic carbocycles.